The number of nitrogens with two attached hydrogens (primary N) is 1. The molecule has 0 aliphatic heterocycles. The molecule has 0 saturated heterocycles. The van der Waals surface area contributed by atoms with Gasteiger partial charge in [0.1, 0.15) is 11.5 Å². The molecule has 4 nitrogen and oxygen atoms in total. The van der Waals surface area contributed by atoms with Crippen molar-refractivity contribution in [2.45, 2.75) is 0 Å². The molecule has 0 fully saturated rings. The van der Waals surface area contributed by atoms with E-state index in [0.29, 0.717) is 5.82 Å². The first kappa shape index (κ1) is 13.1. The Morgan fingerprint density at radius 2 is 1.67 bits per heavy atom. The lowest BCUT2D eigenvalue weighted by Gasteiger charge is -2.08. The Hall–Kier alpha value is -3.40. The molecule has 0 spiro atoms. The molecule has 114 valence electrons. The van der Waals surface area contributed by atoms with E-state index in [4.69, 9.17) is 10.7 Å². The maximum absolute atomic E-state index is 5.79. The lowest BCUT2D eigenvalue weighted by molar-refractivity contribution is 1.19. The van der Waals surface area contributed by atoms with Gasteiger partial charge in [0.05, 0.1) is 17.2 Å². The Kier molecular flexibility index (Phi) is 2.61. The first-order valence-corrected chi connectivity index (χ1v) is 7.81. The van der Waals surface area contributed by atoms with Crippen LogP contribution in [0.15, 0.2) is 73.1 Å². The summed E-state index contributed by atoms with van der Waals surface area (Å²) < 4.78 is 1.96. The molecular weight excluding hydrogens is 296 g/mol. The van der Waals surface area contributed by atoms with Gasteiger partial charge in [0.25, 0.3) is 0 Å². The van der Waals surface area contributed by atoms with Crippen molar-refractivity contribution in [2.75, 3.05) is 5.73 Å². The number of rotatable bonds is 1. The number of pyridine rings is 2. The van der Waals surface area contributed by atoms with Crippen LogP contribution in [-0.4, -0.2) is 14.4 Å². The molecule has 0 radical (unpaired) electrons. The maximum atomic E-state index is 5.79. The van der Waals surface area contributed by atoms with Gasteiger partial charge in [-0.25, -0.2) is 9.97 Å². The van der Waals surface area contributed by atoms with Gasteiger partial charge in [0.15, 0.2) is 0 Å². The predicted molar refractivity (Wildman–Crippen MR) is 97.8 cm³/mol. The Balaban J connectivity index is 1.81. The zero-order chi connectivity index (χ0) is 16.1. The molecule has 2 N–H and O–H groups in total. The van der Waals surface area contributed by atoms with E-state index < -0.39 is 0 Å². The van der Waals surface area contributed by atoms with Crippen LogP contribution in [0.1, 0.15) is 0 Å². The van der Waals surface area contributed by atoms with Crippen molar-refractivity contribution in [1.82, 2.24) is 14.4 Å². The smallest absolute Gasteiger partial charge is 0.142 e. The third-order valence-corrected chi connectivity index (χ3v) is 4.34. The van der Waals surface area contributed by atoms with Crippen LogP contribution in [0.25, 0.3) is 38.6 Å². The van der Waals surface area contributed by atoms with Gasteiger partial charge in [-0.3, -0.25) is 0 Å². The Morgan fingerprint density at radius 3 is 2.62 bits per heavy atom. The molecule has 24 heavy (non-hydrogen) atoms. The number of hydrogen-bond donors (Lipinski definition) is 1. The van der Waals surface area contributed by atoms with Gasteiger partial charge in [-0.1, -0.05) is 30.3 Å². The van der Waals surface area contributed by atoms with Gasteiger partial charge in [-0.15, -0.1) is 0 Å². The summed E-state index contributed by atoms with van der Waals surface area (Å²) in [6, 6.07) is 20.7. The number of fused-ring (bicyclic) bond motifs is 3. The van der Waals surface area contributed by atoms with E-state index >= 15 is 0 Å². The summed E-state index contributed by atoms with van der Waals surface area (Å²) in [6.07, 6.45) is 3.89. The average molecular weight is 310 g/mol. The third kappa shape index (κ3) is 1.93. The Morgan fingerprint density at radius 1 is 0.792 bits per heavy atom. The highest BCUT2D eigenvalue weighted by Gasteiger charge is 2.08. The van der Waals surface area contributed by atoms with Gasteiger partial charge in [0, 0.05) is 17.0 Å². The number of nitrogens with zero attached hydrogens (tertiary/aromatic N) is 3. The number of benzene rings is 2. The lowest BCUT2D eigenvalue weighted by atomic mass is 10.0. The summed E-state index contributed by atoms with van der Waals surface area (Å²) in [6.45, 7) is 0. The van der Waals surface area contributed by atoms with E-state index in [2.05, 4.69) is 41.5 Å². The van der Waals surface area contributed by atoms with Crippen LogP contribution in [0.2, 0.25) is 0 Å². The standard InChI is InChI=1S/C20H14N4/c21-19-12-24-11-14(8-9-20(24)23-19)15-5-3-7-18-16(15)10-13-4-1-2-6-17(13)22-18/h1-12H,21H2. The van der Waals surface area contributed by atoms with Crippen LogP contribution in [0.3, 0.4) is 0 Å². The van der Waals surface area contributed by atoms with Crippen molar-refractivity contribution in [3.63, 3.8) is 0 Å². The third-order valence-electron chi connectivity index (χ3n) is 4.34. The monoisotopic (exact) mass is 310 g/mol. The Labute approximate surface area is 138 Å². The van der Waals surface area contributed by atoms with E-state index in [9.17, 15) is 0 Å². The highest BCUT2D eigenvalue weighted by molar-refractivity contribution is 6.01. The minimum Gasteiger partial charge on any atom is -0.382 e. The molecule has 5 rings (SSSR count). The summed E-state index contributed by atoms with van der Waals surface area (Å²) in [5.74, 6) is 0.526. The first-order valence-electron chi connectivity index (χ1n) is 7.81. The van der Waals surface area contributed by atoms with Crippen molar-refractivity contribution in [1.29, 1.82) is 0 Å². The molecule has 3 aromatic heterocycles. The second-order valence-electron chi connectivity index (χ2n) is 5.90. The van der Waals surface area contributed by atoms with Crippen molar-refractivity contribution >= 4 is 33.3 Å². The molecule has 0 unspecified atom stereocenters. The summed E-state index contributed by atoms with van der Waals surface area (Å²) in [7, 11) is 0. The first-order chi connectivity index (χ1) is 11.8. The van der Waals surface area contributed by atoms with Crippen LogP contribution < -0.4 is 5.73 Å². The van der Waals surface area contributed by atoms with Crippen LogP contribution in [0, 0.1) is 0 Å². The molecule has 3 heterocycles. The van der Waals surface area contributed by atoms with Crippen LogP contribution >= 0.6 is 0 Å². The SMILES string of the molecule is Nc1cn2cc(-c3cccc4nc5ccccc5cc34)ccc2n1. The number of aromatic nitrogens is 3. The van der Waals surface area contributed by atoms with Crippen LogP contribution in [0.5, 0.6) is 0 Å². The summed E-state index contributed by atoms with van der Waals surface area (Å²) >= 11 is 0. The minimum atomic E-state index is 0.526. The number of nitrogen functional groups attached to an aromatic ring is 1. The lowest BCUT2D eigenvalue weighted by Crippen LogP contribution is -1.89. The molecule has 0 atom stereocenters. The largest absolute Gasteiger partial charge is 0.382 e. The fraction of sp³-hybridized carbons (Fsp3) is 0. The van der Waals surface area contributed by atoms with Crippen molar-refractivity contribution < 1.29 is 0 Å². The molecule has 5 aromatic rings. The highest BCUT2D eigenvalue weighted by Crippen LogP contribution is 2.30. The molecule has 0 saturated carbocycles. The van der Waals surface area contributed by atoms with E-state index in [1.54, 1.807) is 0 Å². The quantitative estimate of drug-likeness (QED) is 0.470. The van der Waals surface area contributed by atoms with Crippen LogP contribution in [0.4, 0.5) is 5.82 Å². The fourth-order valence-electron chi connectivity index (χ4n) is 3.22. The van der Waals surface area contributed by atoms with Gasteiger partial charge in [-0.2, -0.15) is 0 Å². The van der Waals surface area contributed by atoms with Gasteiger partial charge in [-0.05, 0) is 41.5 Å². The molecule has 2 aromatic carbocycles. The van der Waals surface area contributed by atoms with Gasteiger partial charge >= 0.3 is 0 Å². The van der Waals surface area contributed by atoms with E-state index in [1.807, 2.05) is 40.9 Å². The number of para-hydroxylation sites is 1. The number of hydrogen-bond acceptors (Lipinski definition) is 3. The number of imidazole rings is 1. The number of anilines is 1. The van der Waals surface area contributed by atoms with E-state index in [1.165, 1.54) is 0 Å². The van der Waals surface area contributed by atoms with Crippen molar-refractivity contribution in [2.24, 2.45) is 0 Å². The maximum Gasteiger partial charge on any atom is 0.142 e. The van der Waals surface area contributed by atoms with Crippen molar-refractivity contribution in [3.8, 4) is 11.1 Å². The topological polar surface area (TPSA) is 56.2 Å². The summed E-state index contributed by atoms with van der Waals surface area (Å²) in [5, 5.41) is 2.29. The molecule has 0 aliphatic carbocycles. The predicted octanol–water partition coefficient (Wildman–Crippen LogP) is 4.28. The molecule has 0 amide bonds. The summed E-state index contributed by atoms with van der Waals surface area (Å²) in [4.78, 5) is 9.07. The zero-order valence-corrected chi connectivity index (χ0v) is 12.8. The van der Waals surface area contributed by atoms with E-state index in [0.717, 1.165) is 38.6 Å². The van der Waals surface area contributed by atoms with Crippen LogP contribution in [-0.2, 0) is 0 Å². The second kappa shape index (κ2) is 4.80. The van der Waals surface area contributed by atoms with E-state index in [-0.39, 0.29) is 0 Å². The summed E-state index contributed by atoms with van der Waals surface area (Å²) in [5.41, 5.74) is 10.9. The minimum absolute atomic E-state index is 0.526. The fourth-order valence-corrected chi connectivity index (χ4v) is 3.22. The van der Waals surface area contributed by atoms with Crippen molar-refractivity contribution in [3.05, 3.63) is 73.1 Å². The Bertz CT molecular complexity index is 1220. The average Bonchev–Trinajstić information content (AvgIpc) is 2.98. The molecular formula is C20H14N4. The van der Waals surface area contributed by atoms with Gasteiger partial charge < -0.3 is 10.1 Å². The molecule has 0 bridgehead atoms. The zero-order valence-electron chi connectivity index (χ0n) is 12.8. The normalized spacial score (nSPS) is 11.5. The highest BCUT2D eigenvalue weighted by atomic mass is 15.0. The molecule has 0 aliphatic rings. The molecule has 4 heteroatoms. The second-order valence-corrected chi connectivity index (χ2v) is 5.90. The van der Waals surface area contributed by atoms with Gasteiger partial charge in [0.2, 0.25) is 0 Å².